The van der Waals surface area contributed by atoms with Crippen molar-refractivity contribution in [2.75, 3.05) is 13.1 Å². The van der Waals surface area contributed by atoms with Crippen LogP contribution in [0.3, 0.4) is 0 Å². The van der Waals surface area contributed by atoms with Gasteiger partial charge in [-0.05, 0) is 45.8 Å². The molecule has 0 atom stereocenters. The first-order valence-electron chi connectivity index (χ1n) is 9.87. The summed E-state index contributed by atoms with van der Waals surface area (Å²) in [6.45, 7) is 3.46. The van der Waals surface area contributed by atoms with E-state index in [0.29, 0.717) is 0 Å². The van der Waals surface area contributed by atoms with E-state index in [2.05, 4.69) is 64.1 Å². The van der Waals surface area contributed by atoms with Crippen LogP contribution >= 0.6 is 0 Å². The number of rotatable bonds is 8. The molecular formula is C25H24FN3. The molecule has 29 heavy (non-hydrogen) atoms. The first-order chi connectivity index (χ1) is 14.3. The summed E-state index contributed by atoms with van der Waals surface area (Å²) in [5, 5.41) is 9.40. The largest absolute Gasteiger partial charge is 0.311 e. The Bertz CT molecular complexity index is 1050. The average Bonchev–Trinajstić information content (AvgIpc) is 2.77. The molecule has 4 rings (SSSR count). The summed E-state index contributed by atoms with van der Waals surface area (Å²) >= 11 is 0. The van der Waals surface area contributed by atoms with Crippen LogP contribution in [0, 0.1) is 5.82 Å². The Hall–Kier alpha value is -3.08. The molecule has 0 fully saturated rings. The zero-order valence-corrected chi connectivity index (χ0v) is 16.2. The fourth-order valence-corrected chi connectivity index (χ4v) is 3.43. The molecule has 4 aromatic rings. The molecule has 0 bridgehead atoms. The molecule has 4 heteroatoms. The molecule has 2 N–H and O–H groups in total. The van der Waals surface area contributed by atoms with Crippen molar-refractivity contribution in [3.8, 4) is 11.1 Å². The molecule has 1 aromatic heterocycles. The zero-order chi connectivity index (χ0) is 19.9. The highest BCUT2D eigenvalue weighted by molar-refractivity contribution is 5.84. The quantitative estimate of drug-likeness (QED) is 0.423. The Morgan fingerprint density at radius 2 is 1.41 bits per heavy atom. The van der Waals surface area contributed by atoms with Crippen molar-refractivity contribution < 1.29 is 4.39 Å². The normalized spacial score (nSPS) is 11.1. The van der Waals surface area contributed by atoms with Gasteiger partial charge in [0.1, 0.15) is 5.82 Å². The van der Waals surface area contributed by atoms with Gasteiger partial charge in [0, 0.05) is 44.0 Å². The maximum absolute atomic E-state index is 13.0. The number of pyridine rings is 1. The fourth-order valence-electron chi connectivity index (χ4n) is 3.43. The molecule has 0 radical (unpaired) electrons. The second kappa shape index (κ2) is 9.41. The molecule has 1 heterocycles. The lowest BCUT2D eigenvalue weighted by Crippen LogP contribution is -2.26. The topological polar surface area (TPSA) is 37.0 Å². The fraction of sp³-hybridized carbons (Fsp3) is 0.160. The first-order valence-corrected chi connectivity index (χ1v) is 9.87. The van der Waals surface area contributed by atoms with Crippen LogP contribution in [0.5, 0.6) is 0 Å². The summed E-state index contributed by atoms with van der Waals surface area (Å²) in [6, 6.07) is 23.4. The van der Waals surface area contributed by atoms with Gasteiger partial charge in [-0.2, -0.15) is 0 Å². The van der Waals surface area contributed by atoms with Crippen LogP contribution in [0.4, 0.5) is 4.39 Å². The summed E-state index contributed by atoms with van der Waals surface area (Å²) in [7, 11) is 0. The molecule has 0 saturated carbocycles. The van der Waals surface area contributed by atoms with E-state index in [1.807, 2.05) is 12.4 Å². The minimum Gasteiger partial charge on any atom is -0.311 e. The molecule has 0 amide bonds. The summed E-state index contributed by atoms with van der Waals surface area (Å²) in [6.07, 6.45) is 3.75. The van der Waals surface area contributed by atoms with Crippen LogP contribution in [0.2, 0.25) is 0 Å². The Kier molecular flexibility index (Phi) is 6.25. The Morgan fingerprint density at radius 1 is 0.724 bits per heavy atom. The van der Waals surface area contributed by atoms with Gasteiger partial charge < -0.3 is 10.6 Å². The van der Waals surface area contributed by atoms with Crippen molar-refractivity contribution >= 4 is 10.8 Å². The van der Waals surface area contributed by atoms with E-state index in [9.17, 15) is 4.39 Å². The van der Waals surface area contributed by atoms with E-state index in [1.54, 1.807) is 12.1 Å². The molecule has 0 aliphatic rings. The minimum absolute atomic E-state index is 0.208. The van der Waals surface area contributed by atoms with Crippen molar-refractivity contribution in [2.24, 2.45) is 0 Å². The number of fused-ring (bicyclic) bond motifs is 1. The summed E-state index contributed by atoms with van der Waals surface area (Å²) in [4.78, 5) is 4.18. The van der Waals surface area contributed by atoms with Gasteiger partial charge in [0.05, 0.1) is 0 Å². The van der Waals surface area contributed by atoms with Crippen LogP contribution in [0.1, 0.15) is 11.1 Å². The highest BCUT2D eigenvalue weighted by Crippen LogP contribution is 2.20. The van der Waals surface area contributed by atoms with Crippen molar-refractivity contribution in [1.29, 1.82) is 0 Å². The van der Waals surface area contributed by atoms with Crippen LogP contribution in [0.25, 0.3) is 21.9 Å². The Balaban J connectivity index is 1.21. The molecular weight excluding hydrogens is 361 g/mol. The predicted molar refractivity (Wildman–Crippen MR) is 117 cm³/mol. The highest BCUT2D eigenvalue weighted by Gasteiger charge is 2.01. The monoisotopic (exact) mass is 385 g/mol. The van der Waals surface area contributed by atoms with Gasteiger partial charge in [-0.15, -0.1) is 0 Å². The third kappa shape index (κ3) is 5.05. The number of hydrogen-bond donors (Lipinski definition) is 2. The molecule has 0 spiro atoms. The SMILES string of the molecule is Fc1ccc(-c2ccc(CNCCNCc3cccc4cnccc34)cc2)cc1. The molecule has 0 unspecified atom stereocenters. The number of aromatic nitrogens is 1. The van der Waals surface area contributed by atoms with Crippen molar-refractivity contribution in [3.63, 3.8) is 0 Å². The number of halogens is 1. The number of hydrogen-bond acceptors (Lipinski definition) is 3. The lowest BCUT2D eigenvalue weighted by molar-refractivity contribution is 0.612. The van der Waals surface area contributed by atoms with E-state index in [-0.39, 0.29) is 5.82 Å². The van der Waals surface area contributed by atoms with Crippen LogP contribution in [0.15, 0.2) is 85.2 Å². The van der Waals surface area contributed by atoms with Crippen LogP contribution in [-0.2, 0) is 13.1 Å². The zero-order valence-electron chi connectivity index (χ0n) is 16.2. The van der Waals surface area contributed by atoms with E-state index in [0.717, 1.165) is 37.3 Å². The summed E-state index contributed by atoms with van der Waals surface area (Å²) < 4.78 is 13.0. The van der Waals surface area contributed by atoms with Gasteiger partial charge in [0.15, 0.2) is 0 Å². The number of nitrogens with one attached hydrogen (secondary N) is 2. The molecule has 0 aliphatic carbocycles. The second-order valence-electron chi connectivity index (χ2n) is 7.07. The molecule has 0 saturated heterocycles. The molecule has 3 aromatic carbocycles. The highest BCUT2D eigenvalue weighted by atomic mass is 19.1. The van der Waals surface area contributed by atoms with Gasteiger partial charge in [-0.3, -0.25) is 4.98 Å². The molecule has 3 nitrogen and oxygen atoms in total. The Labute approximate surface area is 170 Å². The van der Waals surface area contributed by atoms with Gasteiger partial charge in [-0.1, -0.05) is 54.6 Å². The summed E-state index contributed by atoms with van der Waals surface area (Å²) in [5.74, 6) is -0.208. The van der Waals surface area contributed by atoms with Crippen LogP contribution < -0.4 is 10.6 Å². The third-order valence-corrected chi connectivity index (χ3v) is 5.03. The van der Waals surface area contributed by atoms with Gasteiger partial charge in [0.25, 0.3) is 0 Å². The third-order valence-electron chi connectivity index (χ3n) is 5.03. The van der Waals surface area contributed by atoms with Gasteiger partial charge in [0.2, 0.25) is 0 Å². The Morgan fingerprint density at radius 3 is 2.17 bits per heavy atom. The van der Waals surface area contributed by atoms with E-state index in [4.69, 9.17) is 0 Å². The average molecular weight is 385 g/mol. The van der Waals surface area contributed by atoms with E-state index in [1.165, 1.54) is 34.0 Å². The van der Waals surface area contributed by atoms with E-state index >= 15 is 0 Å². The predicted octanol–water partition coefficient (Wildman–Crippen LogP) is 4.92. The molecule has 0 aliphatic heterocycles. The summed E-state index contributed by atoms with van der Waals surface area (Å²) in [5.41, 5.74) is 4.65. The standard InChI is InChI=1S/C25H24FN3/c26-24-10-8-21(9-11-24)20-6-4-19(5-7-20)16-28-14-15-29-18-23-3-1-2-22-17-27-13-12-25(22)23/h1-13,17,28-29H,14-16,18H2. The maximum atomic E-state index is 13.0. The lowest BCUT2D eigenvalue weighted by atomic mass is 10.0. The van der Waals surface area contributed by atoms with Crippen molar-refractivity contribution in [2.45, 2.75) is 13.1 Å². The maximum Gasteiger partial charge on any atom is 0.123 e. The molecule has 146 valence electrons. The van der Waals surface area contributed by atoms with Crippen molar-refractivity contribution in [3.05, 3.63) is 102 Å². The first kappa shape index (κ1) is 19.2. The number of benzene rings is 3. The second-order valence-corrected chi connectivity index (χ2v) is 7.07. The smallest absolute Gasteiger partial charge is 0.123 e. The van der Waals surface area contributed by atoms with Crippen LogP contribution in [-0.4, -0.2) is 18.1 Å². The van der Waals surface area contributed by atoms with Gasteiger partial charge >= 0.3 is 0 Å². The van der Waals surface area contributed by atoms with Gasteiger partial charge in [-0.25, -0.2) is 4.39 Å². The lowest BCUT2D eigenvalue weighted by Gasteiger charge is -2.09. The minimum atomic E-state index is -0.208. The van der Waals surface area contributed by atoms with Crippen molar-refractivity contribution in [1.82, 2.24) is 15.6 Å². The number of nitrogens with zero attached hydrogens (tertiary/aromatic N) is 1. The van der Waals surface area contributed by atoms with E-state index < -0.39 is 0 Å².